The van der Waals surface area contributed by atoms with E-state index in [1.54, 1.807) is 14.2 Å². The average molecular weight is 397 g/mol. The van der Waals surface area contributed by atoms with Crippen LogP contribution in [0.25, 0.3) is 0 Å². The Hall–Kier alpha value is -0.780. The van der Waals surface area contributed by atoms with Gasteiger partial charge in [-0.2, -0.15) is 0 Å². The lowest BCUT2D eigenvalue weighted by molar-refractivity contribution is 0.101. The fourth-order valence-corrected chi connectivity index (χ4v) is 4.76. The topological polar surface area (TPSA) is 33.7 Å². The summed E-state index contributed by atoms with van der Waals surface area (Å²) >= 11 is 3.59. The lowest BCUT2D eigenvalue weighted by Crippen LogP contribution is -2.47. The zero-order chi connectivity index (χ0) is 16.9. The van der Waals surface area contributed by atoms with Gasteiger partial charge in [-0.15, -0.1) is 0 Å². The zero-order valence-electron chi connectivity index (χ0n) is 14.8. The van der Waals surface area contributed by atoms with E-state index in [4.69, 9.17) is 9.47 Å². The lowest BCUT2D eigenvalue weighted by Gasteiger charge is -2.41. The molecule has 134 valence electrons. The Bertz CT molecular complexity index is 522. The van der Waals surface area contributed by atoms with E-state index in [1.807, 2.05) is 0 Å². The van der Waals surface area contributed by atoms with Crippen molar-refractivity contribution in [1.82, 2.24) is 10.2 Å². The fourth-order valence-electron chi connectivity index (χ4n) is 4.27. The van der Waals surface area contributed by atoms with Crippen molar-refractivity contribution in [2.75, 3.05) is 40.4 Å². The first-order valence-electron chi connectivity index (χ1n) is 9.10. The Balaban J connectivity index is 1.99. The molecular formula is C19H29BrN2O2. The Kier molecular flexibility index (Phi) is 6.42. The summed E-state index contributed by atoms with van der Waals surface area (Å²) < 4.78 is 12.3. The van der Waals surface area contributed by atoms with E-state index in [2.05, 4.69) is 38.3 Å². The molecular weight excluding hydrogens is 368 g/mol. The molecule has 1 aromatic carbocycles. The van der Waals surface area contributed by atoms with Crippen molar-refractivity contribution in [3.05, 3.63) is 22.2 Å². The van der Waals surface area contributed by atoms with Crippen LogP contribution in [0.2, 0.25) is 0 Å². The van der Waals surface area contributed by atoms with Crippen LogP contribution in [0.1, 0.15) is 43.7 Å². The molecule has 2 aliphatic rings. The summed E-state index contributed by atoms with van der Waals surface area (Å²) in [6.45, 7) is 4.34. The zero-order valence-corrected chi connectivity index (χ0v) is 16.4. The summed E-state index contributed by atoms with van der Waals surface area (Å²) in [5, 5.41) is 3.48. The number of ether oxygens (including phenoxy) is 2. The first-order valence-corrected chi connectivity index (χ1v) is 9.90. The van der Waals surface area contributed by atoms with Crippen molar-refractivity contribution in [3.63, 3.8) is 0 Å². The molecule has 1 saturated carbocycles. The Morgan fingerprint density at radius 1 is 1.04 bits per heavy atom. The van der Waals surface area contributed by atoms with Crippen LogP contribution in [0.15, 0.2) is 16.6 Å². The molecule has 0 unspecified atom stereocenters. The number of methoxy groups -OCH3 is 2. The third kappa shape index (κ3) is 3.89. The summed E-state index contributed by atoms with van der Waals surface area (Å²) in [6.07, 6.45) is 6.71. The molecule has 4 nitrogen and oxygen atoms in total. The second-order valence-corrected chi connectivity index (χ2v) is 7.71. The van der Waals surface area contributed by atoms with Gasteiger partial charge in [-0.05, 0) is 46.8 Å². The van der Waals surface area contributed by atoms with Gasteiger partial charge in [0.1, 0.15) is 11.5 Å². The summed E-state index contributed by atoms with van der Waals surface area (Å²) in [6, 6.07) is 4.67. The highest BCUT2D eigenvalue weighted by Crippen LogP contribution is 2.44. The maximum absolute atomic E-state index is 5.76. The molecule has 1 atom stereocenters. The summed E-state index contributed by atoms with van der Waals surface area (Å²) in [5.41, 5.74) is 1.28. The van der Waals surface area contributed by atoms with Gasteiger partial charge < -0.3 is 14.8 Å². The molecule has 0 radical (unpaired) electrons. The highest BCUT2D eigenvalue weighted by molar-refractivity contribution is 9.10. The van der Waals surface area contributed by atoms with Gasteiger partial charge in [-0.3, -0.25) is 4.90 Å². The standard InChI is InChI=1S/C19H29BrN2O2/c1-23-17-13-16(20)18(24-2)12-15(17)19(14-6-4-3-5-7-14)22-10-8-21-9-11-22/h12-14,19,21H,3-11H2,1-2H3/t19-/m0/s1. The van der Waals surface area contributed by atoms with Gasteiger partial charge in [0, 0.05) is 37.8 Å². The van der Waals surface area contributed by atoms with Crippen LogP contribution in [0.4, 0.5) is 0 Å². The van der Waals surface area contributed by atoms with Gasteiger partial charge in [-0.1, -0.05) is 19.3 Å². The number of hydrogen-bond acceptors (Lipinski definition) is 4. The van der Waals surface area contributed by atoms with Crippen molar-refractivity contribution >= 4 is 15.9 Å². The van der Waals surface area contributed by atoms with E-state index in [0.717, 1.165) is 42.2 Å². The number of benzene rings is 1. The Labute approximate surface area is 154 Å². The molecule has 1 N–H and O–H groups in total. The van der Waals surface area contributed by atoms with Gasteiger partial charge in [0.25, 0.3) is 0 Å². The highest BCUT2D eigenvalue weighted by atomic mass is 79.9. The van der Waals surface area contributed by atoms with E-state index in [1.165, 1.54) is 37.7 Å². The predicted octanol–water partition coefficient (Wildman–Crippen LogP) is 3.99. The van der Waals surface area contributed by atoms with Crippen molar-refractivity contribution < 1.29 is 9.47 Å². The van der Waals surface area contributed by atoms with Crippen molar-refractivity contribution in [2.45, 2.75) is 38.1 Å². The third-order valence-electron chi connectivity index (χ3n) is 5.46. The van der Waals surface area contributed by atoms with Gasteiger partial charge >= 0.3 is 0 Å². The van der Waals surface area contributed by atoms with E-state index < -0.39 is 0 Å². The quantitative estimate of drug-likeness (QED) is 0.815. The molecule has 1 aliphatic carbocycles. The van der Waals surface area contributed by atoms with Crippen LogP contribution in [0.5, 0.6) is 11.5 Å². The average Bonchev–Trinajstić information content (AvgIpc) is 2.64. The van der Waals surface area contributed by atoms with Crippen LogP contribution >= 0.6 is 15.9 Å². The summed E-state index contributed by atoms with van der Waals surface area (Å²) in [4.78, 5) is 2.65. The monoisotopic (exact) mass is 396 g/mol. The summed E-state index contributed by atoms with van der Waals surface area (Å²) in [7, 11) is 3.50. The second-order valence-electron chi connectivity index (χ2n) is 6.86. The second kappa shape index (κ2) is 8.54. The number of halogens is 1. The van der Waals surface area contributed by atoms with Crippen LogP contribution in [-0.2, 0) is 0 Å². The van der Waals surface area contributed by atoms with Gasteiger partial charge in [-0.25, -0.2) is 0 Å². The smallest absolute Gasteiger partial charge is 0.133 e. The molecule has 1 aliphatic heterocycles. The van der Waals surface area contributed by atoms with Gasteiger partial charge in [0.2, 0.25) is 0 Å². The molecule has 0 bridgehead atoms. The van der Waals surface area contributed by atoms with E-state index >= 15 is 0 Å². The minimum Gasteiger partial charge on any atom is -0.496 e. The molecule has 1 saturated heterocycles. The van der Waals surface area contributed by atoms with Crippen molar-refractivity contribution in [3.8, 4) is 11.5 Å². The first-order chi connectivity index (χ1) is 11.7. The van der Waals surface area contributed by atoms with Crippen molar-refractivity contribution in [2.24, 2.45) is 5.92 Å². The lowest BCUT2D eigenvalue weighted by atomic mass is 9.79. The maximum atomic E-state index is 5.76. The Morgan fingerprint density at radius 3 is 2.33 bits per heavy atom. The molecule has 1 heterocycles. The number of nitrogens with one attached hydrogen (secondary N) is 1. The Morgan fingerprint density at radius 2 is 1.71 bits per heavy atom. The van der Waals surface area contributed by atoms with Crippen LogP contribution in [0, 0.1) is 5.92 Å². The molecule has 0 spiro atoms. The van der Waals surface area contributed by atoms with Crippen LogP contribution in [-0.4, -0.2) is 45.3 Å². The molecule has 1 aromatic rings. The number of nitrogens with zero attached hydrogens (tertiary/aromatic N) is 1. The molecule has 5 heteroatoms. The van der Waals surface area contributed by atoms with Gasteiger partial charge in [0.15, 0.2) is 0 Å². The molecule has 0 aromatic heterocycles. The van der Waals surface area contributed by atoms with Crippen molar-refractivity contribution in [1.29, 1.82) is 0 Å². The molecule has 24 heavy (non-hydrogen) atoms. The maximum Gasteiger partial charge on any atom is 0.133 e. The largest absolute Gasteiger partial charge is 0.496 e. The molecule has 3 rings (SSSR count). The van der Waals surface area contributed by atoms with Crippen LogP contribution in [0.3, 0.4) is 0 Å². The normalized spacial score (nSPS) is 21.5. The minimum absolute atomic E-state index is 0.421. The van der Waals surface area contributed by atoms with E-state index in [-0.39, 0.29) is 0 Å². The molecule has 2 fully saturated rings. The van der Waals surface area contributed by atoms with Gasteiger partial charge in [0.05, 0.1) is 18.7 Å². The predicted molar refractivity (Wildman–Crippen MR) is 101 cm³/mol. The first kappa shape index (κ1) is 18.0. The molecule has 0 amide bonds. The van der Waals surface area contributed by atoms with E-state index in [9.17, 15) is 0 Å². The summed E-state index contributed by atoms with van der Waals surface area (Å²) in [5.74, 6) is 2.56. The number of rotatable bonds is 5. The van der Waals surface area contributed by atoms with E-state index in [0.29, 0.717) is 12.0 Å². The fraction of sp³-hybridized carbons (Fsp3) is 0.684. The van der Waals surface area contributed by atoms with Crippen LogP contribution < -0.4 is 14.8 Å². The number of piperazine rings is 1. The highest BCUT2D eigenvalue weighted by Gasteiger charge is 2.33. The third-order valence-corrected chi connectivity index (χ3v) is 6.08. The minimum atomic E-state index is 0.421. The number of hydrogen-bond donors (Lipinski definition) is 1. The SMILES string of the molecule is COc1cc([C@H](C2CCCCC2)N2CCNCC2)c(OC)cc1Br.